The van der Waals surface area contributed by atoms with Gasteiger partial charge in [-0.3, -0.25) is 4.79 Å². The highest BCUT2D eigenvalue weighted by molar-refractivity contribution is 5.69. The number of carbonyl (C=O) groups excluding carboxylic acids is 1. The molecule has 0 aliphatic carbocycles. The van der Waals surface area contributed by atoms with Gasteiger partial charge in [-0.05, 0) is 26.2 Å². The number of unbranched alkanes of at least 4 members (excludes halogenated alkanes) is 8. The Morgan fingerprint density at radius 3 is 2.39 bits per heavy atom. The molecule has 1 unspecified atom stereocenters. The molecule has 0 heterocycles. The number of hydrogen-bond acceptors (Lipinski definition) is 4. The van der Waals surface area contributed by atoms with Crippen LogP contribution in [0, 0.1) is 0 Å². The van der Waals surface area contributed by atoms with Crippen LogP contribution in [-0.4, -0.2) is 36.9 Å². The van der Waals surface area contributed by atoms with Crippen LogP contribution < -0.4 is 5.32 Å². The molecule has 0 bridgehead atoms. The highest BCUT2D eigenvalue weighted by Gasteiger charge is 2.03. The summed E-state index contributed by atoms with van der Waals surface area (Å²) >= 11 is 0. The number of hydrogen-bond donors (Lipinski definition) is 2. The van der Waals surface area contributed by atoms with Crippen molar-refractivity contribution in [1.82, 2.24) is 5.32 Å². The zero-order chi connectivity index (χ0) is 17.2. The molecule has 0 aromatic rings. The number of carbonyl (C=O) groups is 1. The van der Waals surface area contributed by atoms with E-state index < -0.39 is 0 Å². The minimum atomic E-state index is -0.0229. The van der Waals surface area contributed by atoms with Crippen LogP contribution in [0.25, 0.3) is 0 Å². The zero-order valence-electron chi connectivity index (χ0n) is 15.4. The maximum Gasteiger partial charge on any atom is 0.305 e. The summed E-state index contributed by atoms with van der Waals surface area (Å²) in [7, 11) is 0. The van der Waals surface area contributed by atoms with E-state index in [2.05, 4.69) is 19.2 Å². The van der Waals surface area contributed by atoms with Crippen molar-refractivity contribution in [1.29, 1.82) is 0 Å². The SMILES string of the molecule is CCCCCCCC(=O)OCCCCCCCC(C)NCCO. The fourth-order valence-electron chi connectivity index (χ4n) is 2.63. The highest BCUT2D eigenvalue weighted by Crippen LogP contribution is 2.09. The molecule has 0 amide bonds. The molecule has 1 atom stereocenters. The van der Waals surface area contributed by atoms with E-state index in [-0.39, 0.29) is 12.6 Å². The fourth-order valence-corrected chi connectivity index (χ4v) is 2.63. The van der Waals surface area contributed by atoms with Gasteiger partial charge in [0.1, 0.15) is 0 Å². The van der Waals surface area contributed by atoms with Gasteiger partial charge in [-0.1, -0.05) is 58.3 Å². The van der Waals surface area contributed by atoms with Gasteiger partial charge in [-0.15, -0.1) is 0 Å². The predicted molar refractivity (Wildman–Crippen MR) is 96.6 cm³/mol. The van der Waals surface area contributed by atoms with E-state index in [1.54, 1.807) is 0 Å². The third-order valence-electron chi connectivity index (χ3n) is 4.13. The molecular formula is C19H39NO3. The first-order chi connectivity index (χ1) is 11.2. The summed E-state index contributed by atoms with van der Waals surface area (Å²) in [6, 6.07) is 0.487. The van der Waals surface area contributed by atoms with Crippen LogP contribution in [0.3, 0.4) is 0 Å². The minimum Gasteiger partial charge on any atom is -0.466 e. The van der Waals surface area contributed by atoms with E-state index in [4.69, 9.17) is 9.84 Å². The first-order valence-electron chi connectivity index (χ1n) is 9.70. The van der Waals surface area contributed by atoms with E-state index >= 15 is 0 Å². The van der Waals surface area contributed by atoms with Crippen molar-refractivity contribution in [2.75, 3.05) is 19.8 Å². The molecule has 23 heavy (non-hydrogen) atoms. The lowest BCUT2D eigenvalue weighted by atomic mass is 10.1. The van der Waals surface area contributed by atoms with Gasteiger partial charge in [0.2, 0.25) is 0 Å². The molecule has 0 rings (SSSR count). The van der Waals surface area contributed by atoms with Gasteiger partial charge >= 0.3 is 5.97 Å². The molecule has 0 aromatic carbocycles. The molecule has 0 aliphatic rings. The summed E-state index contributed by atoms with van der Waals surface area (Å²) in [6.07, 6.45) is 13.4. The maximum atomic E-state index is 11.5. The molecule has 0 radical (unpaired) electrons. The van der Waals surface area contributed by atoms with Gasteiger partial charge in [0.15, 0.2) is 0 Å². The topological polar surface area (TPSA) is 58.6 Å². The Morgan fingerprint density at radius 1 is 1.00 bits per heavy atom. The molecule has 0 saturated heterocycles. The van der Waals surface area contributed by atoms with Crippen LogP contribution in [0.5, 0.6) is 0 Å². The van der Waals surface area contributed by atoms with E-state index in [1.165, 1.54) is 38.5 Å². The van der Waals surface area contributed by atoms with Gasteiger partial charge in [0, 0.05) is 19.0 Å². The van der Waals surface area contributed by atoms with Crippen LogP contribution >= 0.6 is 0 Å². The summed E-state index contributed by atoms with van der Waals surface area (Å²) < 4.78 is 5.27. The first-order valence-corrected chi connectivity index (χ1v) is 9.70. The molecule has 0 saturated carbocycles. The van der Waals surface area contributed by atoms with E-state index in [9.17, 15) is 4.79 Å². The molecule has 4 heteroatoms. The molecule has 0 spiro atoms. The Balaban J connectivity index is 3.21. The monoisotopic (exact) mass is 329 g/mol. The largest absolute Gasteiger partial charge is 0.466 e. The second-order valence-corrected chi connectivity index (χ2v) is 6.52. The van der Waals surface area contributed by atoms with E-state index in [1.807, 2.05) is 0 Å². The van der Waals surface area contributed by atoms with Crippen molar-refractivity contribution in [2.24, 2.45) is 0 Å². The zero-order valence-corrected chi connectivity index (χ0v) is 15.4. The molecule has 2 N–H and O–H groups in total. The van der Waals surface area contributed by atoms with Crippen LogP contribution in [0.15, 0.2) is 0 Å². The summed E-state index contributed by atoms with van der Waals surface area (Å²) in [5, 5.41) is 12.0. The van der Waals surface area contributed by atoms with Crippen molar-refractivity contribution in [3.8, 4) is 0 Å². The smallest absolute Gasteiger partial charge is 0.305 e. The quantitative estimate of drug-likeness (QED) is 0.310. The van der Waals surface area contributed by atoms with Gasteiger partial charge in [-0.2, -0.15) is 0 Å². The van der Waals surface area contributed by atoms with Crippen molar-refractivity contribution >= 4 is 5.97 Å². The Hall–Kier alpha value is -0.610. The Bertz CT molecular complexity index is 259. The average molecular weight is 330 g/mol. The van der Waals surface area contributed by atoms with Crippen molar-refractivity contribution in [3.05, 3.63) is 0 Å². The average Bonchev–Trinajstić information content (AvgIpc) is 2.55. The van der Waals surface area contributed by atoms with E-state index in [0.29, 0.717) is 25.6 Å². The van der Waals surface area contributed by atoms with Crippen molar-refractivity contribution < 1.29 is 14.6 Å². The van der Waals surface area contributed by atoms with Gasteiger partial charge < -0.3 is 15.2 Å². The molecule has 4 nitrogen and oxygen atoms in total. The number of rotatable bonds is 17. The number of aliphatic hydroxyl groups is 1. The number of ether oxygens (including phenoxy) is 1. The molecular weight excluding hydrogens is 290 g/mol. The Kier molecular flexibility index (Phi) is 17.3. The van der Waals surface area contributed by atoms with E-state index in [0.717, 1.165) is 32.1 Å². The third-order valence-corrected chi connectivity index (χ3v) is 4.13. The lowest BCUT2D eigenvalue weighted by Gasteiger charge is -2.12. The number of nitrogens with one attached hydrogen (secondary N) is 1. The van der Waals surface area contributed by atoms with Crippen LogP contribution in [0.2, 0.25) is 0 Å². The lowest BCUT2D eigenvalue weighted by molar-refractivity contribution is -0.143. The van der Waals surface area contributed by atoms with Crippen LogP contribution in [-0.2, 0) is 9.53 Å². The molecule has 0 aliphatic heterocycles. The number of esters is 1. The minimum absolute atomic E-state index is 0.0229. The predicted octanol–water partition coefficient (Wildman–Crippen LogP) is 4.20. The summed E-state index contributed by atoms with van der Waals surface area (Å²) in [5.41, 5.74) is 0. The second kappa shape index (κ2) is 17.7. The summed E-state index contributed by atoms with van der Waals surface area (Å²) in [4.78, 5) is 11.5. The van der Waals surface area contributed by atoms with Gasteiger partial charge in [0.25, 0.3) is 0 Å². The van der Waals surface area contributed by atoms with Crippen LogP contribution in [0.4, 0.5) is 0 Å². The standard InChI is InChI=1S/C19H39NO3/c1-3-4-5-7-11-14-19(22)23-17-12-9-6-8-10-13-18(2)20-15-16-21/h18,20-21H,3-17H2,1-2H3. The number of aliphatic hydroxyl groups excluding tert-OH is 1. The van der Waals surface area contributed by atoms with Crippen molar-refractivity contribution in [2.45, 2.75) is 96.9 Å². The molecule has 0 aromatic heterocycles. The highest BCUT2D eigenvalue weighted by atomic mass is 16.5. The molecule has 138 valence electrons. The summed E-state index contributed by atoms with van der Waals surface area (Å²) in [5.74, 6) is -0.0229. The van der Waals surface area contributed by atoms with Gasteiger partial charge in [-0.25, -0.2) is 0 Å². The lowest BCUT2D eigenvalue weighted by Crippen LogP contribution is -2.28. The summed E-state index contributed by atoms with van der Waals surface area (Å²) in [6.45, 7) is 5.84. The maximum absolute atomic E-state index is 11.5. The molecule has 0 fully saturated rings. The van der Waals surface area contributed by atoms with Gasteiger partial charge in [0.05, 0.1) is 13.2 Å². The normalized spacial score (nSPS) is 12.3. The Morgan fingerprint density at radius 2 is 1.65 bits per heavy atom. The van der Waals surface area contributed by atoms with Crippen molar-refractivity contribution in [3.63, 3.8) is 0 Å². The Labute approximate surface area is 143 Å². The first kappa shape index (κ1) is 22.4. The second-order valence-electron chi connectivity index (χ2n) is 6.52. The van der Waals surface area contributed by atoms with Crippen LogP contribution in [0.1, 0.15) is 90.9 Å². The fraction of sp³-hybridized carbons (Fsp3) is 0.947. The third kappa shape index (κ3) is 17.6.